The molecule has 0 radical (unpaired) electrons. The highest BCUT2D eigenvalue weighted by Crippen LogP contribution is 2.14. The number of aliphatic carboxylic acids is 1. The Morgan fingerprint density at radius 3 is 2.71 bits per heavy atom. The molecule has 0 fully saturated rings. The van der Waals surface area contributed by atoms with Crippen molar-refractivity contribution in [3.63, 3.8) is 0 Å². The number of nitrogens with zero attached hydrogens (tertiary/aromatic N) is 1. The Balaban J connectivity index is 2.57. The van der Waals surface area contributed by atoms with Crippen LogP contribution in [0.25, 0.3) is 0 Å². The van der Waals surface area contributed by atoms with E-state index in [0.29, 0.717) is 5.76 Å². The zero-order valence-electron chi connectivity index (χ0n) is 8.40. The Bertz CT molecular complexity index is 312. The molecule has 0 aliphatic rings. The lowest BCUT2D eigenvalue weighted by Crippen LogP contribution is -2.19. The highest BCUT2D eigenvalue weighted by Gasteiger charge is 2.14. The Labute approximate surface area is 81.7 Å². The van der Waals surface area contributed by atoms with E-state index in [4.69, 9.17) is 14.4 Å². The molecular weight excluding hydrogens is 186 g/mol. The van der Waals surface area contributed by atoms with E-state index in [1.807, 2.05) is 0 Å². The van der Waals surface area contributed by atoms with Crippen LogP contribution in [0.5, 0.6) is 0 Å². The van der Waals surface area contributed by atoms with Gasteiger partial charge in [0, 0.05) is 5.56 Å². The maximum absolute atomic E-state index is 10.5. The number of rotatable bonds is 4. The van der Waals surface area contributed by atoms with Gasteiger partial charge in [-0.15, -0.1) is 0 Å². The summed E-state index contributed by atoms with van der Waals surface area (Å²) in [5.74, 6) is -0.308. The quantitative estimate of drug-likeness (QED) is 0.790. The predicted molar refractivity (Wildman–Crippen MR) is 47.9 cm³/mol. The van der Waals surface area contributed by atoms with Crippen LogP contribution < -0.4 is 0 Å². The molecule has 14 heavy (non-hydrogen) atoms. The molecule has 5 heteroatoms. The molecule has 0 aromatic carbocycles. The second-order valence-corrected chi connectivity index (χ2v) is 3.09. The molecule has 1 N–H and O–H groups in total. The Hall–Kier alpha value is -1.36. The van der Waals surface area contributed by atoms with Crippen LogP contribution in [-0.4, -0.2) is 22.3 Å². The van der Waals surface area contributed by atoms with Crippen molar-refractivity contribution in [1.29, 1.82) is 0 Å². The smallest absolute Gasteiger partial charge is 0.332 e. The number of carboxylic acid groups (broad SMARTS) is 1. The van der Waals surface area contributed by atoms with E-state index in [-0.39, 0.29) is 6.61 Å². The van der Waals surface area contributed by atoms with E-state index in [2.05, 4.69) is 5.16 Å². The summed E-state index contributed by atoms with van der Waals surface area (Å²) in [6.07, 6.45) is -0.816. The lowest BCUT2D eigenvalue weighted by atomic mass is 10.2. The molecule has 1 rings (SSSR count). The maximum atomic E-state index is 10.5. The van der Waals surface area contributed by atoms with Gasteiger partial charge in [0.15, 0.2) is 6.10 Å². The van der Waals surface area contributed by atoms with Crippen molar-refractivity contribution in [3.05, 3.63) is 17.0 Å². The summed E-state index contributed by atoms with van der Waals surface area (Å²) in [6, 6.07) is 0. The van der Waals surface area contributed by atoms with Gasteiger partial charge in [-0.3, -0.25) is 0 Å². The zero-order chi connectivity index (χ0) is 10.7. The number of hydrogen-bond donors (Lipinski definition) is 1. The fraction of sp³-hybridized carbons (Fsp3) is 0.556. The fourth-order valence-corrected chi connectivity index (χ4v) is 0.988. The second kappa shape index (κ2) is 4.23. The standard InChI is InChI=1S/C9H13NO4/c1-5-8(6(2)14-10-5)4-13-7(3)9(11)12/h7H,4H2,1-3H3,(H,11,12)/t7-/m1/s1. The first-order valence-corrected chi connectivity index (χ1v) is 4.28. The number of hydrogen-bond acceptors (Lipinski definition) is 4. The van der Waals surface area contributed by atoms with Crippen molar-refractivity contribution in [2.24, 2.45) is 0 Å². The minimum atomic E-state index is -0.975. The van der Waals surface area contributed by atoms with E-state index >= 15 is 0 Å². The monoisotopic (exact) mass is 199 g/mol. The second-order valence-electron chi connectivity index (χ2n) is 3.09. The number of aryl methyl sites for hydroxylation is 2. The molecule has 0 amide bonds. The Morgan fingerprint density at radius 1 is 1.64 bits per heavy atom. The third kappa shape index (κ3) is 2.32. The number of aromatic nitrogens is 1. The molecule has 1 aromatic heterocycles. The first-order valence-electron chi connectivity index (χ1n) is 4.28. The van der Waals surface area contributed by atoms with Gasteiger partial charge in [-0.1, -0.05) is 5.16 Å². The molecule has 0 saturated carbocycles. The Kier molecular flexibility index (Phi) is 3.24. The summed E-state index contributed by atoms with van der Waals surface area (Å²) in [6.45, 7) is 5.26. The van der Waals surface area contributed by atoms with Gasteiger partial charge in [0.2, 0.25) is 0 Å². The summed E-state index contributed by atoms with van der Waals surface area (Å²) in [5, 5.41) is 12.3. The van der Waals surface area contributed by atoms with Gasteiger partial charge in [0.1, 0.15) is 5.76 Å². The van der Waals surface area contributed by atoms with Gasteiger partial charge in [-0.2, -0.15) is 0 Å². The molecular formula is C9H13NO4. The van der Waals surface area contributed by atoms with Crippen molar-refractivity contribution in [1.82, 2.24) is 5.16 Å². The first kappa shape index (κ1) is 10.7. The number of carboxylic acids is 1. The lowest BCUT2D eigenvalue weighted by molar-refractivity contribution is -0.149. The van der Waals surface area contributed by atoms with Crippen molar-refractivity contribution < 1.29 is 19.2 Å². The van der Waals surface area contributed by atoms with Crippen LogP contribution in [0.1, 0.15) is 23.9 Å². The maximum Gasteiger partial charge on any atom is 0.332 e. The minimum Gasteiger partial charge on any atom is -0.479 e. The lowest BCUT2D eigenvalue weighted by Gasteiger charge is -2.07. The molecule has 0 aliphatic heterocycles. The van der Waals surface area contributed by atoms with Gasteiger partial charge in [-0.25, -0.2) is 4.79 Å². The molecule has 0 spiro atoms. The van der Waals surface area contributed by atoms with E-state index < -0.39 is 12.1 Å². The molecule has 1 heterocycles. The van der Waals surface area contributed by atoms with E-state index in [1.54, 1.807) is 13.8 Å². The van der Waals surface area contributed by atoms with Crippen molar-refractivity contribution >= 4 is 5.97 Å². The van der Waals surface area contributed by atoms with Crippen LogP contribution in [0.2, 0.25) is 0 Å². The molecule has 0 unspecified atom stereocenters. The summed E-state index contributed by atoms with van der Waals surface area (Å²) >= 11 is 0. The van der Waals surface area contributed by atoms with E-state index in [9.17, 15) is 4.79 Å². The van der Waals surface area contributed by atoms with Crippen molar-refractivity contribution in [2.75, 3.05) is 0 Å². The minimum absolute atomic E-state index is 0.217. The molecule has 0 bridgehead atoms. The fourth-order valence-electron chi connectivity index (χ4n) is 0.988. The van der Waals surface area contributed by atoms with Crippen LogP contribution in [0, 0.1) is 13.8 Å². The molecule has 78 valence electrons. The highest BCUT2D eigenvalue weighted by atomic mass is 16.5. The van der Waals surface area contributed by atoms with Gasteiger partial charge < -0.3 is 14.4 Å². The average Bonchev–Trinajstić information content (AvgIpc) is 2.43. The molecule has 0 aliphatic carbocycles. The summed E-state index contributed by atoms with van der Waals surface area (Å²) in [4.78, 5) is 10.5. The number of carbonyl (C=O) groups is 1. The predicted octanol–water partition coefficient (Wildman–Crippen LogP) is 1.28. The van der Waals surface area contributed by atoms with Crippen LogP contribution in [0.4, 0.5) is 0 Å². The third-order valence-corrected chi connectivity index (χ3v) is 2.01. The SMILES string of the molecule is Cc1noc(C)c1CO[C@H](C)C(=O)O. The van der Waals surface area contributed by atoms with E-state index in [0.717, 1.165) is 11.3 Å². The normalized spacial score (nSPS) is 12.8. The van der Waals surface area contributed by atoms with Gasteiger partial charge in [0.25, 0.3) is 0 Å². The molecule has 5 nitrogen and oxygen atoms in total. The third-order valence-electron chi connectivity index (χ3n) is 2.01. The van der Waals surface area contributed by atoms with Gasteiger partial charge in [0.05, 0.1) is 12.3 Å². The van der Waals surface area contributed by atoms with Crippen LogP contribution in [-0.2, 0) is 16.1 Å². The summed E-state index contributed by atoms with van der Waals surface area (Å²) < 4.78 is 10.0. The molecule has 0 saturated heterocycles. The van der Waals surface area contributed by atoms with Crippen molar-refractivity contribution in [2.45, 2.75) is 33.5 Å². The summed E-state index contributed by atoms with van der Waals surface area (Å²) in [7, 11) is 0. The van der Waals surface area contributed by atoms with Crippen LogP contribution >= 0.6 is 0 Å². The zero-order valence-corrected chi connectivity index (χ0v) is 8.40. The first-order chi connectivity index (χ1) is 6.52. The van der Waals surface area contributed by atoms with Crippen molar-refractivity contribution in [3.8, 4) is 0 Å². The largest absolute Gasteiger partial charge is 0.479 e. The molecule has 1 aromatic rings. The average molecular weight is 199 g/mol. The van der Waals surface area contributed by atoms with Crippen LogP contribution in [0.15, 0.2) is 4.52 Å². The topological polar surface area (TPSA) is 72.6 Å². The highest BCUT2D eigenvalue weighted by molar-refractivity contribution is 5.71. The number of ether oxygens (including phenoxy) is 1. The Morgan fingerprint density at radius 2 is 2.29 bits per heavy atom. The van der Waals surface area contributed by atoms with E-state index in [1.165, 1.54) is 6.92 Å². The van der Waals surface area contributed by atoms with Crippen LogP contribution in [0.3, 0.4) is 0 Å². The summed E-state index contributed by atoms with van der Waals surface area (Å²) in [5.41, 5.74) is 1.55. The molecule has 1 atom stereocenters. The van der Waals surface area contributed by atoms with Gasteiger partial charge >= 0.3 is 5.97 Å². The van der Waals surface area contributed by atoms with Gasteiger partial charge in [-0.05, 0) is 20.8 Å².